The van der Waals surface area contributed by atoms with Crippen molar-refractivity contribution in [3.8, 4) is 5.69 Å². The van der Waals surface area contributed by atoms with E-state index >= 15 is 0 Å². The lowest BCUT2D eigenvalue weighted by Gasteiger charge is -2.28. The predicted molar refractivity (Wildman–Crippen MR) is 117 cm³/mol. The monoisotopic (exact) mass is 427 g/mol. The molecule has 1 aliphatic rings. The smallest absolute Gasteiger partial charge is 0.232 e. The number of nitrogen functional groups attached to an aromatic ring is 1. The SMILES string of the molecule is Cc1cccc(-n2c(SCc3nc(N)nc(N(C)C)n3)nnc2N2CCOCC2)c1. The Morgan fingerprint density at radius 3 is 2.67 bits per heavy atom. The molecule has 30 heavy (non-hydrogen) atoms. The molecule has 2 N–H and O–H groups in total. The lowest BCUT2D eigenvalue weighted by Crippen LogP contribution is -2.37. The molecule has 11 heteroatoms. The van der Waals surface area contributed by atoms with E-state index in [1.165, 1.54) is 17.3 Å². The van der Waals surface area contributed by atoms with Gasteiger partial charge in [-0.25, -0.2) is 0 Å². The summed E-state index contributed by atoms with van der Waals surface area (Å²) in [4.78, 5) is 16.9. The van der Waals surface area contributed by atoms with Crippen LogP contribution in [0.25, 0.3) is 5.69 Å². The van der Waals surface area contributed by atoms with Crippen LogP contribution in [0, 0.1) is 6.92 Å². The Labute approximate surface area is 179 Å². The Morgan fingerprint density at radius 1 is 1.13 bits per heavy atom. The van der Waals surface area contributed by atoms with Crippen molar-refractivity contribution in [3.05, 3.63) is 35.7 Å². The summed E-state index contributed by atoms with van der Waals surface area (Å²) in [5.74, 6) is 2.66. The van der Waals surface area contributed by atoms with Gasteiger partial charge in [0.1, 0.15) is 5.82 Å². The summed E-state index contributed by atoms with van der Waals surface area (Å²) < 4.78 is 7.58. The second-order valence-corrected chi connectivity index (χ2v) is 8.09. The van der Waals surface area contributed by atoms with E-state index in [9.17, 15) is 0 Å². The van der Waals surface area contributed by atoms with Gasteiger partial charge in [0.25, 0.3) is 0 Å². The van der Waals surface area contributed by atoms with Gasteiger partial charge in [-0.15, -0.1) is 10.2 Å². The van der Waals surface area contributed by atoms with Crippen LogP contribution in [0.15, 0.2) is 29.4 Å². The van der Waals surface area contributed by atoms with Crippen LogP contribution in [0.5, 0.6) is 0 Å². The lowest BCUT2D eigenvalue weighted by molar-refractivity contribution is 0.122. The van der Waals surface area contributed by atoms with Gasteiger partial charge in [-0.05, 0) is 24.6 Å². The average Bonchev–Trinajstić information content (AvgIpc) is 3.16. The Morgan fingerprint density at radius 2 is 1.93 bits per heavy atom. The van der Waals surface area contributed by atoms with E-state index in [1.54, 1.807) is 4.90 Å². The molecule has 0 bridgehead atoms. The number of ether oxygens (including phenoxy) is 1. The van der Waals surface area contributed by atoms with E-state index in [2.05, 4.69) is 59.7 Å². The van der Waals surface area contributed by atoms with E-state index in [0.717, 1.165) is 29.9 Å². The van der Waals surface area contributed by atoms with E-state index in [0.29, 0.717) is 30.7 Å². The first-order chi connectivity index (χ1) is 14.5. The highest BCUT2D eigenvalue weighted by molar-refractivity contribution is 7.98. The molecule has 2 aromatic heterocycles. The summed E-state index contributed by atoms with van der Waals surface area (Å²) in [6, 6.07) is 8.31. The van der Waals surface area contributed by atoms with Crippen molar-refractivity contribution in [1.82, 2.24) is 29.7 Å². The second kappa shape index (κ2) is 8.84. The van der Waals surface area contributed by atoms with Crippen LogP contribution in [-0.4, -0.2) is 70.1 Å². The van der Waals surface area contributed by atoms with Gasteiger partial charge in [0.15, 0.2) is 5.16 Å². The van der Waals surface area contributed by atoms with Gasteiger partial charge >= 0.3 is 0 Å². The van der Waals surface area contributed by atoms with E-state index in [1.807, 2.05) is 20.2 Å². The van der Waals surface area contributed by atoms with Gasteiger partial charge in [0.2, 0.25) is 17.8 Å². The maximum atomic E-state index is 5.86. The molecule has 3 heterocycles. The Kier molecular flexibility index (Phi) is 6.00. The normalized spacial score (nSPS) is 14.2. The predicted octanol–water partition coefficient (Wildman–Crippen LogP) is 1.54. The first-order valence-corrected chi connectivity index (χ1v) is 10.7. The molecule has 1 aromatic carbocycles. The van der Waals surface area contributed by atoms with Crippen LogP contribution in [0.2, 0.25) is 0 Å². The minimum atomic E-state index is 0.207. The summed E-state index contributed by atoms with van der Waals surface area (Å²) in [7, 11) is 3.74. The van der Waals surface area contributed by atoms with Gasteiger partial charge < -0.3 is 20.3 Å². The highest BCUT2D eigenvalue weighted by Crippen LogP contribution is 2.29. The molecule has 1 aliphatic heterocycles. The quantitative estimate of drug-likeness (QED) is 0.581. The molecule has 4 rings (SSSR count). The largest absolute Gasteiger partial charge is 0.378 e. The van der Waals surface area contributed by atoms with Crippen LogP contribution in [0.3, 0.4) is 0 Å². The van der Waals surface area contributed by atoms with Gasteiger partial charge in [-0.3, -0.25) is 4.57 Å². The summed E-state index contributed by atoms with van der Waals surface area (Å²) in [5.41, 5.74) is 8.05. The number of rotatable bonds is 6. The molecule has 1 saturated heterocycles. The Hall–Kier alpha value is -2.92. The number of morpholine rings is 1. The van der Waals surface area contributed by atoms with E-state index < -0.39 is 0 Å². The fraction of sp³-hybridized carbons (Fsp3) is 0.421. The average molecular weight is 428 g/mol. The molecule has 0 aliphatic carbocycles. The molecule has 0 radical (unpaired) electrons. The van der Waals surface area contributed by atoms with Gasteiger partial charge in [-0.1, -0.05) is 23.9 Å². The van der Waals surface area contributed by atoms with Crippen molar-refractivity contribution in [2.24, 2.45) is 0 Å². The Balaban J connectivity index is 1.65. The van der Waals surface area contributed by atoms with Crippen molar-refractivity contribution in [2.75, 3.05) is 55.9 Å². The number of anilines is 3. The number of hydrogen-bond acceptors (Lipinski definition) is 10. The molecular weight excluding hydrogens is 402 g/mol. The number of thioether (sulfide) groups is 1. The zero-order chi connectivity index (χ0) is 21.1. The fourth-order valence-corrected chi connectivity index (χ4v) is 3.94. The van der Waals surface area contributed by atoms with E-state index in [4.69, 9.17) is 10.5 Å². The standard InChI is InChI=1S/C19H25N9OS/c1-13-5-4-6-14(11-13)28-18(27-7-9-29-10-8-27)24-25-19(28)30-12-15-21-16(20)23-17(22-15)26(2)3/h4-6,11H,7-10,12H2,1-3H3,(H2,20,21,22,23). The van der Waals surface area contributed by atoms with Crippen molar-refractivity contribution < 1.29 is 4.74 Å². The highest BCUT2D eigenvalue weighted by Gasteiger charge is 2.22. The van der Waals surface area contributed by atoms with Crippen molar-refractivity contribution in [2.45, 2.75) is 17.8 Å². The number of benzene rings is 1. The number of nitrogens with zero attached hydrogens (tertiary/aromatic N) is 8. The van der Waals surface area contributed by atoms with Crippen molar-refractivity contribution >= 4 is 29.6 Å². The molecule has 0 saturated carbocycles. The first-order valence-electron chi connectivity index (χ1n) is 9.67. The van der Waals surface area contributed by atoms with Crippen LogP contribution in [-0.2, 0) is 10.5 Å². The number of aryl methyl sites for hydroxylation is 1. The minimum absolute atomic E-state index is 0.207. The van der Waals surface area contributed by atoms with Crippen molar-refractivity contribution in [3.63, 3.8) is 0 Å². The number of nitrogens with two attached hydrogens (primary N) is 1. The number of hydrogen-bond donors (Lipinski definition) is 1. The molecule has 0 unspecified atom stereocenters. The summed E-state index contributed by atoms with van der Waals surface area (Å²) in [6.45, 7) is 5.00. The topological polar surface area (TPSA) is 111 Å². The lowest BCUT2D eigenvalue weighted by atomic mass is 10.2. The minimum Gasteiger partial charge on any atom is -0.378 e. The highest BCUT2D eigenvalue weighted by atomic mass is 32.2. The molecule has 10 nitrogen and oxygen atoms in total. The molecule has 0 amide bonds. The zero-order valence-electron chi connectivity index (χ0n) is 17.3. The zero-order valence-corrected chi connectivity index (χ0v) is 18.1. The summed E-state index contributed by atoms with van der Waals surface area (Å²) >= 11 is 1.52. The fourth-order valence-electron chi connectivity index (χ4n) is 3.14. The van der Waals surface area contributed by atoms with Crippen LogP contribution < -0.4 is 15.5 Å². The van der Waals surface area contributed by atoms with Gasteiger partial charge in [0, 0.05) is 27.2 Å². The third-order valence-corrected chi connectivity index (χ3v) is 5.51. The molecule has 3 aromatic rings. The molecule has 0 spiro atoms. The first kappa shape index (κ1) is 20.4. The molecular formula is C19H25N9OS. The molecule has 158 valence electrons. The third-order valence-electron chi connectivity index (χ3n) is 4.59. The van der Waals surface area contributed by atoms with Crippen molar-refractivity contribution in [1.29, 1.82) is 0 Å². The van der Waals surface area contributed by atoms with Crippen LogP contribution in [0.1, 0.15) is 11.4 Å². The number of aromatic nitrogens is 6. The van der Waals surface area contributed by atoms with Crippen LogP contribution in [0.4, 0.5) is 17.8 Å². The molecule has 1 fully saturated rings. The van der Waals surface area contributed by atoms with E-state index in [-0.39, 0.29) is 5.95 Å². The van der Waals surface area contributed by atoms with Gasteiger partial charge in [0.05, 0.1) is 24.7 Å². The Bertz CT molecular complexity index is 1020. The second-order valence-electron chi connectivity index (χ2n) is 7.15. The van der Waals surface area contributed by atoms with Crippen LogP contribution >= 0.6 is 11.8 Å². The summed E-state index contributed by atoms with van der Waals surface area (Å²) in [6.07, 6.45) is 0. The van der Waals surface area contributed by atoms with Gasteiger partial charge in [-0.2, -0.15) is 15.0 Å². The molecule has 0 atom stereocenters. The maximum Gasteiger partial charge on any atom is 0.232 e. The third kappa shape index (κ3) is 4.46. The maximum absolute atomic E-state index is 5.86. The summed E-state index contributed by atoms with van der Waals surface area (Å²) in [5, 5.41) is 9.74.